The van der Waals surface area contributed by atoms with E-state index in [9.17, 15) is 4.79 Å². The van der Waals surface area contributed by atoms with E-state index in [0.717, 1.165) is 6.42 Å². The molecule has 0 saturated heterocycles. The molecule has 0 saturated carbocycles. The van der Waals surface area contributed by atoms with Crippen molar-refractivity contribution in [3.63, 3.8) is 0 Å². The maximum absolute atomic E-state index is 10.4. The van der Waals surface area contributed by atoms with Crippen molar-refractivity contribution < 1.29 is 4.79 Å². The molecule has 0 aliphatic heterocycles. The van der Waals surface area contributed by atoms with Gasteiger partial charge in [0.25, 0.3) is 0 Å². The van der Waals surface area contributed by atoms with Crippen LogP contribution in [0.4, 0.5) is 0 Å². The highest BCUT2D eigenvalue weighted by atomic mass is 32.1. The van der Waals surface area contributed by atoms with Crippen LogP contribution in [0.3, 0.4) is 0 Å². The predicted molar refractivity (Wildman–Crippen MR) is 40.0 cm³/mol. The first-order valence-electron chi connectivity index (χ1n) is 2.84. The maximum Gasteiger partial charge on any atom is 0.233 e. The van der Waals surface area contributed by atoms with Crippen molar-refractivity contribution >= 4 is 18.5 Å². The fourth-order valence-corrected chi connectivity index (χ4v) is 0.541. The Kier molecular flexibility index (Phi) is 4.53. The van der Waals surface area contributed by atoms with Gasteiger partial charge in [0.05, 0.1) is 0 Å². The van der Waals surface area contributed by atoms with Crippen LogP contribution in [0.1, 0.15) is 19.8 Å². The lowest BCUT2D eigenvalue weighted by Crippen LogP contribution is -2.30. The lowest BCUT2D eigenvalue weighted by atomic mass is 10.2. The second-order valence-corrected chi connectivity index (χ2v) is 2.84. The number of carbonyl (C=O) groups excluding carboxylic acids is 1. The van der Waals surface area contributed by atoms with Crippen LogP contribution >= 0.6 is 12.6 Å². The summed E-state index contributed by atoms with van der Waals surface area (Å²) >= 11 is 4.09. The third kappa shape index (κ3) is 5.65. The molecule has 1 amide bonds. The number of nitrogens with two attached hydrogens (primary N) is 1. The van der Waals surface area contributed by atoms with E-state index in [1.165, 1.54) is 0 Å². The predicted octanol–water partition coefficient (Wildman–Crippen LogP) is 0.0748. The standard InChI is InChI=1S/C5H12N2OS/c1-4(9)2-3-5(8)7-6/h4,9H,2-3,6H2,1H3,(H,7,8). The Labute approximate surface area is 60.4 Å². The van der Waals surface area contributed by atoms with Crippen LogP contribution in [0.5, 0.6) is 0 Å². The molecule has 3 nitrogen and oxygen atoms in total. The zero-order valence-electron chi connectivity index (χ0n) is 5.42. The summed E-state index contributed by atoms with van der Waals surface area (Å²) in [4.78, 5) is 10.4. The van der Waals surface area contributed by atoms with E-state index in [-0.39, 0.29) is 11.2 Å². The van der Waals surface area contributed by atoms with E-state index >= 15 is 0 Å². The van der Waals surface area contributed by atoms with E-state index in [4.69, 9.17) is 5.84 Å². The molecule has 0 radical (unpaired) electrons. The monoisotopic (exact) mass is 148 g/mol. The molecule has 3 N–H and O–H groups in total. The first-order valence-corrected chi connectivity index (χ1v) is 3.36. The van der Waals surface area contributed by atoms with Crippen molar-refractivity contribution in [3.8, 4) is 0 Å². The minimum atomic E-state index is -0.129. The molecule has 4 heteroatoms. The summed E-state index contributed by atoms with van der Waals surface area (Å²) in [5.74, 6) is 4.70. The summed E-state index contributed by atoms with van der Waals surface area (Å²) in [5, 5.41) is 0.266. The summed E-state index contributed by atoms with van der Waals surface area (Å²) in [5.41, 5.74) is 2.05. The van der Waals surface area contributed by atoms with Crippen molar-refractivity contribution in [3.05, 3.63) is 0 Å². The average Bonchev–Trinajstić information content (AvgIpc) is 1.83. The third-order valence-corrected chi connectivity index (χ3v) is 1.21. The topological polar surface area (TPSA) is 55.1 Å². The van der Waals surface area contributed by atoms with Gasteiger partial charge in [-0.15, -0.1) is 0 Å². The Bertz CT molecular complexity index is 95.0. The quantitative estimate of drug-likeness (QED) is 0.230. The van der Waals surface area contributed by atoms with E-state index in [0.29, 0.717) is 6.42 Å². The first-order chi connectivity index (χ1) is 4.16. The van der Waals surface area contributed by atoms with Crippen molar-refractivity contribution in [1.29, 1.82) is 0 Å². The van der Waals surface area contributed by atoms with Crippen LogP contribution in [-0.4, -0.2) is 11.2 Å². The van der Waals surface area contributed by atoms with Crippen molar-refractivity contribution in [2.24, 2.45) is 5.84 Å². The van der Waals surface area contributed by atoms with Crippen LogP contribution < -0.4 is 11.3 Å². The number of hydrogen-bond donors (Lipinski definition) is 3. The molecule has 0 spiro atoms. The van der Waals surface area contributed by atoms with Gasteiger partial charge in [-0.05, 0) is 11.7 Å². The summed E-state index contributed by atoms with van der Waals surface area (Å²) in [7, 11) is 0. The van der Waals surface area contributed by atoms with E-state index in [1.54, 1.807) is 0 Å². The van der Waals surface area contributed by atoms with Crippen molar-refractivity contribution in [2.75, 3.05) is 0 Å². The molecule has 0 rings (SSSR count). The Hall–Kier alpha value is -0.220. The molecule has 0 fully saturated rings. The normalized spacial score (nSPS) is 12.8. The zero-order valence-corrected chi connectivity index (χ0v) is 6.32. The number of rotatable bonds is 3. The number of thiol groups is 1. The Balaban J connectivity index is 3.17. The number of nitrogens with one attached hydrogen (secondary N) is 1. The molecule has 9 heavy (non-hydrogen) atoms. The first kappa shape index (κ1) is 8.78. The van der Waals surface area contributed by atoms with E-state index < -0.39 is 0 Å². The zero-order chi connectivity index (χ0) is 7.28. The van der Waals surface area contributed by atoms with Gasteiger partial charge in [-0.25, -0.2) is 5.84 Å². The molecule has 0 aromatic carbocycles. The molecular weight excluding hydrogens is 136 g/mol. The fraction of sp³-hybridized carbons (Fsp3) is 0.800. The summed E-state index contributed by atoms with van der Waals surface area (Å²) < 4.78 is 0. The Morgan fingerprint density at radius 3 is 2.78 bits per heavy atom. The molecule has 0 aromatic rings. The summed E-state index contributed by atoms with van der Waals surface area (Å²) in [6.07, 6.45) is 1.23. The summed E-state index contributed by atoms with van der Waals surface area (Å²) in [6, 6.07) is 0. The number of hydrogen-bond acceptors (Lipinski definition) is 3. The van der Waals surface area contributed by atoms with Crippen LogP contribution in [0, 0.1) is 0 Å². The van der Waals surface area contributed by atoms with Gasteiger partial charge in [0.1, 0.15) is 0 Å². The third-order valence-electron chi connectivity index (χ3n) is 0.950. The second kappa shape index (κ2) is 4.64. The van der Waals surface area contributed by atoms with Gasteiger partial charge >= 0.3 is 0 Å². The largest absolute Gasteiger partial charge is 0.294 e. The molecule has 1 atom stereocenters. The number of hydrazine groups is 1. The molecule has 0 aromatic heterocycles. The minimum absolute atomic E-state index is 0.129. The van der Waals surface area contributed by atoms with Crippen LogP contribution in [0.2, 0.25) is 0 Å². The fourth-order valence-electron chi connectivity index (χ4n) is 0.412. The van der Waals surface area contributed by atoms with Crippen LogP contribution in [-0.2, 0) is 4.79 Å². The molecule has 1 unspecified atom stereocenters. The van der Waals surface area contributed by atoms with Gasteiger partial charge in [0.2, 0.25) is 5.91 Å². The SMILES string of the molecule is CC(S)CCC(=O)NN. The lowest BCUT2D eigenvalue weighted by Gasteiger charge is -2.00. The molecular formula is C5H12N2OS. The highest BCUT2D eigenvalue weighted by Gasteiger charge is 1.99. The highest BCUT2D eigenvalue weighted by molar-refractivity contribution is 7.80. The van der Waals surface area contributed by atoms with E-state index in [1.807, 2.05) is 12.3 Å². The van der Waals surface area contributed by atoms with Gasteiger partial charge < -0.3 is 0 Å². The lowest BCUT2D eigenvalue weighted by molar-refractivity contribution is -0.121. The van der Waals surface area contributed by atoms with Gasteiger partial charge in [-0.2, -0.15) is 12.6 Å². The maximum atomic E-state index is 10.4. The van der Waals surface area contributed by atoms with Gasteiger partial charge in [-0.1, -0.05) is 6.92 Å². The summed E-state index contributed by atoms with van der Waals surface area (Å²) in [6.45, 7) is 1.94. The van der Waals surface area contributed by atoms with Gasteiger partial charge in [0, 0.05) is 6.42 Å². The van der Waals surface area contributed by atoms with Gasteiger partial charge in [0.15, 0.2) is 0 Å². The Morgan fingerprint density at radius 1 is 1.89 bits per heavy atom. The molecule has 0 aliphatic carbocycles. The second-order valence-electron chi connectivity index (χ2n) is 1.96. The molecule has 0 aliphatic rings. The smallest absolute Gasteiger partial charge is 0.233 e. The van der Waals surface area contributed by atoms with Crippen molar-refractivity contribution in [1.82, 2.24) is 5.43 Å². The van der Waals surface area contributed by atoms with Crippen LogP contribution in [0.25, 0.3) is 0 Å². The minimum Gasteiger partial charge on any atom is -0.294 e. The van der Waals surface area contributed by atoms with Crippen LogP contribution in [0.15, 0.2) is 0 Å². The Morgan fingerprint density at radius 2 is 2.44 bits per heavy atom. The molecule has 0 bridgehead atoms. The molecule has 0 heterocycles. The van der Waals surface area contributed by atoms with E-state index in [2.05, 4.69) is 12.6 Å². The highest BCUT2D eigenvalue weighted by Crippen LogP contribution is 2.01. The average molecular weight is 148 g/mol. The molecule has 54 valence electrons. The number of carbonyl (C=O) groups is 1. The van der Waals surface area contributed by atoms with Crippen molar-refractivity contribution in [2.45, 2.75) is 25.0 Å². The number of amides is 1. The van der Waals surface area contributed by atoms with Gasteiger partial charge in [-0.3, -0.25) is 10.2 Å².